The molecule has 3 aliphatic heterocycles. The first kappa shape index (κ1) is 22.7. The number of pyridine rings is 3. The lowest BCUT2D eigenvalue weighted by molar-refractivity contribution is 0.145. The van der Waals surface area contributed by atoms with E-state index in [0.29, 0.717) is 40.5 Å². The van der Waals surface area contributed by atoms with Crippen molar-refractivity contribution in [3.05, 3.63) is 60.1 Å². The van der Waals surface area contributed by atoms with E-state index in [0.717, 1.165) is 43.8 Å². The van der Waals surface area contributed by atoms with E-state index in [1.54, 1.807) is 12.3 Å². The molecule has 0 saturated carbocycles. The van der Waals surface area contributed by atoms with Gasteiger partial charge in [0, 0.05) is 67.2 Å². The molecule has 2 bridgehead atoms. The lowest BCUT2D eigenvalue weighted by Crippen LogP contribution is -2.51. The number of piperazine rings is 1. The number of anilines is 2. The van der Waals surface area contributed by atoms with Gasteiger partial charge in [-0.15, -0.1) is 0 Å². The van der Waals surface area contributed by atoms with Gasteiger partial charge in [-0.1, -0.05) is 6.07 Å². The Labute approximate surface area is 215 Å². The van der Waals surface area contributed by atoms with Crippen LogP contribution in [0.15, 0.2) is 42.9 Å². The van der Waals surface area contributed by atoms with Gasteiger partial charge in [-0.05, 0) is 56.9 Å². The maximum absolute atomic E-state index is 14.9. The molecule has 0 aromatic carbocycles. The van der Waals surface area contributed by atoms with Crippen molar-refractivity contribution in [2.75, 3.05) is 18.4 Å². The zero-order valence-electron chi connectivity index (χ0n) is 21.2. The molecule has 4 aromatic heterocycles. The minimum Gasteiger partial charge on any atom is -0.325 e. The summed E-state index contributed by atoms with van der Waals surface area (Å²) in [4.78, 5) is 20.7. The van der Waals surface area contributed by atoms with Gasteiger partial charge < -0.3 is 15.2 Å². The molecule has 2 N–H and O–H groups in total. The Morgan fingerprint density at radius 3 is 2.62 bits per heavy atom. The van der Waals surface area contributed by atoms with Gasteiger partial charge in [0.1, 0.15) is 23.3 Å². The van der Waals surface area contributed by atoms with Crippen molar-refractivity contribution in [2.45, 2.75) is 63.7 Å². The van der Waals surface area contributed by atoms with Crippen LogP contribution in [0, 0.1) is 5.82 Å². The van der Waals surface area contributed by atoms with E-state index in [1.165, 1.54) is 24.6 Å². The van der Waals surface area contributed by atoms with Crippen LogP contribution in [-0.4, -0.2) is 54.6 Å². The van der Waals surface area contributed by atoms with Crippen LogP contribution in [0.25, 0.3) is 22.3 Å². The zero-order valence-corrected chi connectivity index (χ0v) is 21.2. The Bertz CT molecular complexity index is 1460. The molecule has 190 valence electrons. The summed E-state index contributed by atoms with van der Waals surface area (Å²) in [7, 11) is 0. The van der Waals surface area contributed by atoms with E-state index in [9.17, 15) is 4.39 Å². The number of nitrogens with zero attached hydrogens (tertiary/aromatic N) is 6. The van der Waals surface area contributed by atoms with Gasteiger partial charge in [0.2, 0.25) is 0 Å². The molecule has 9 heteroatoms. The van der Waals surface area contributed by atoms with Gasteiger partial charge in [0.05, 0.1) is 11.7 Å². The summed E-state index contributed by atoms with van der Waals surface area (Å²) in [5.41, 5.74) is 3.97. The van der Waals surface area contributed by atoms with Crippen molar-refractivity contribution in [3.8, 4) is 11.1 Å². The standard InChI is InChI=1S/C28H31FN8/c1-28(2)8-7-26-35-27-23(37(26)28)9-18(12-33-27)21-10-25(32-15-22(21)29)34-24-6-3-17(11-31-24)16-36-19-4-5-20(36)14-30-13-19/h3,6,9-12,15,19-20,30H,4-5,7-8,13-14,16H2,1-2H3,(H,31,32,34). The molecule has 8 nitrogen and oxygen atoms in total. The smallest absolute Gasteiger partial charge is 0.177 e. The van der Waals surface area contributed by atoms with Gasteiger partial charge in [-0.3, -0.25) is 4.90 Å². The number of imidazole rings is 1. The highest BCUT2D eigenvalue weighted by Gasteiger charge is 2.36. The molecule has 7 rings (SSSR count). The third kappa shape index (κ3) is 3.97. The number of hydrogen-bond donors (Lipinski definition) is 2. The first-order valence-electron chi connectivity index (χ1n) is 13.2. The first-order chi connectivity index (χ1) is 17.9. The van der Waals surface area contributed by atoms with Crippen LogP contribution in [0.4, 0.5) is 16.0 Å². The Kier molecular flexibility index (Phi) is 5.26. The van der Waals surface area contributed by atoms with Gasteiger partial charge in [0.25, 0.3) is 0 Å². The average molecular weight is 499 g/mol. The third-order valence-electron chi connectivity index (χ3n) is 8.29. The van der Waals surface area contributed by atoms with Crippen LogP contribution in [-0.2, 0) is 18.5 Å². The third-order valence-corrected chi connectivity index (χ3v) is 8.29. The average Bonchev–Trinajstić information content (AvgIpc) is 3.48. The van der Waals surface area contributed by atoms with E-state index in [4.69, 9.17) is 4.98 Å². The van der Waals surface area contributed by atoms with Crippen LogP contribution in [0.1, 0.15) is 44.5 Å². The van der Waals surface area contributed by atoms with E-state index >= 15 is 0 Å². The number of aryl methyl sites for hydroxylation is 1. The first-order valence-corrected chi connectivity index (χ1v) is 13.2. The molecular weight excluding hydrogens is 467 g/mol. The SMILES string of the molecule is CC1(C)CCc2nc3ncc(-c4cc(Nc5ccc(CN6C7CCC6CNC7)cn5)ncc4F)cc3n21. The minimum atomic E-state index is -0.388. The normalized spacial score (nSPS) is 22.5. The molecule has 2 atom stereocenters. The maximum atomic E-state index is 14.9. The predicted molar refractivity (Wildman–Crippen MR) is 141 cm³/mol. The van der Waals surface area contributed by atoms with Crippen molar-refractivity contribution in [3.63, 3.8) is 0 Å². The topological polar surface area (TPSA) is 83.8 Å². The van der Waals surface area contributed by atoms with Crippen LogP contribution in [0.3, 0.4) is 0 Å². The summed E-state index contributed by atoms with van der Waals surface area (Å²) in [5.74, 6) is 1.87. The Hall–Kier alpha value is -3.43. The molecule has 0 aliphatic carbocycles. The number of fused-ring (bicyclic) bond motifs is 5. The van der Waals surface area contributed by atoms with Crippen LogP contribution >= 0.6 is 0 Å². The molecule has 37 heavy (non-hydrogen) atoms. The molecule has 4 aromatic rings. The molecule has 2 saturated heterocycles. The monoisotopic (exact) mass is 498 g/mol. The highest BCUT2D eigenvalue weighted by Crippen LogP contribution is 2.36. The van der Waals surface area contributed by atoms with Gasteiger partial charge in [-0.25, -0.2) is 24.3 Å². The largest absolute Gasteiger partial charge is 0.325 e. The summed E-state index contributed by atoms with van der Waals surface area (Å²) in [5, 5.41) is 6.77. The molecule has 0 spiro atoms. The van der Waals surface area contributed by atoms with E-state index in [-0.39, 0.29) is 11.4 Å². The molecule has 7 heterocycles. The van der Waals surface area contributed by atoms with Crippen LogP contribution < -0.4 is 10.6 Å². The summed E-state index contributed by atoms with van der Waals surface area (Å²) < 4.78 is 17.2. The van der Waals surface area contributed by atoms with E-state index in [1.807, 2.05) is 18.3 Å². The van der Waals surface area contributed by atoms with Crippen LogP contribution in [0.2, 0.25) is 0 Å². The van der Waals surface area contributed by atoms with Crippen molar-refractivity contribution in [1.29, 1.82) is 0 Å². The van der Waals surface area contributed by atoms with Crippen molar-refractivity contribution in [1.82, 2.24) is 34.7 Å². The molecule has 0 amide bonds. The second kappa shape index (κ2) is 8.56. The van der Waals surface area contributed by atoms with Crippen molar-refractivity contribution in [2.24, 2.45) is 0 Å². The van der Waals surface area contributed by atoms with Gasteiger partial charge in [0.15, 0.2) is 5.65 Å². The number of halogens is 1. The second-order valence-electron chi connectivity index (χ2n) is 11.2. The fraction of sp³-hybridized carbons (Fsp3) is 0.429. The number of nitrogens with one attached hydrogen (secondary N) is 2. The molecule has 0 radical (unpaired) electrons. The second-order valence-corrected chi connectivity index (χ2v) is 11.2. The number of aromatic nitrogens is 5. The summed E-state index contributed by atoms with van der Waals surface area (Å²) in [6.45, 7) is 7.49. The van der Waals surface area contributed by atoms with Crippen LogP contribution in [0.5, 0.6) is 0 Å². The molecular formula is C28H31FN8. The van der Waals surface area contributed by atoms with Gasteiger partial charge >= 0.3 is 0 Å². The number of hydrogen-bond acceptors (Lipinski definition) is 7. The summed E-state index contributed by atoms with van der Waals surface area (Å²) in [6, 6.07) is 9.04. The highest BCUT2D eigenvalue weighted by atomic mass is 19.1. The Balaban J connectivity index is 1.12. The molecule has 2 fully saturated rings. The lowest BCUT2D eigenvalue weighted by atomic mass is 10.0. The maximum Gasteiger partial charge on any atom is 0.177 e. The minimum absolute atomic E-state index is 0.0316. The Morgan fingerprint density at radius 1 is 1.03 bits per heavy atom. The predicted octanol–water partition coefficient (Wildman–Crippen LogP) is 4.39. The van der Waals surface area contributed by atoms with E-state index < -0.39 is 0 Å². The highest BCUT2D eigenvalue weighted by molar-refractivity contribution is 5.80. The fourth-order valence-electron chi connectivity index (χ4n) is 6.32. The molecule has 2 unspecified atom stereocenters. The van der Waals surface area contributed by atoms with Gasteiger partial charge in [-0.2, -0.15) is 0 Å². The summed E-state index contributed by atoms with van der Waals surface area (Å²) >= 11 is 0. The lowest BCUT2D eigenvalue weighted by Gasteiger charge is -2.35. The Morgan fingerprint density at radius 2 is 1.84 bits per heavy atom. The summed E-state index contributed by atoms with van der Waals surface area (Å²) in [6.07, 6.45) is 9.37. The van der Waals surface area contributed by atoms with E-state index in [2.05, 4.69) is 55.0 Å². The van der Waals surface area contributed by atoms with Crippen molar-refractivity contribution < 1.29 is 4.39 Å². The quantitative estimate of drug-likeness (QED) is 0.422. The number of rotatable bonds is 5. The molecule has 3 aliphatic rings. The zero-order chi connectivity index (χ0) is 25.1. The van der Waals surface area contributed by atoms with Crippen molar-refractivity contribution >= 4 is 22.8 Å². The fourth-order valence-corrected chi connectivity index (χ4v) is 6.32.